The zero-order valence-corrected chi connectivity index (χ0v) is 14.2. The molecule has 0 aliphatic heterocycles. The Morgan fingerprint density at radius 3 is 3.04 bits per heavy atom. The van der Waals surface area contributed by atoms with Crippen molar-refractivity contribution in [3.8, 4) is 23.2 Å². The van der Waals surface area contributed by atoms with Crippen LogP contribution in [0.1, 0.15) is 17.9 Å². The summed E-state index contributed by atoms with van der Waals surface area (Å²) in [5.41, 5.74) is 1.78. The molecule has 1 amide bonds. The van der Waals surface area contributed by atoms with Crippen LogP contribution < -0.4 is 10.1 Å². The molecule has 0 aliphatic carbocycles. The molecule has 0 spiro atoms. The lowest BCUT2D eigenvalue weighted by Crippen LogP contribution is -2.13. The molecule has 0 bridgehead atoms. The van der Waals surface area contributed by atoms with E-state index in [1.807, 2.05) is 22.9 Å². The first-order chi connectivity index (χ1) is 12.2. The van der Waals surface area contributed by atoms with Gasteiger partial charge in [0.15, 0.2) is 0 Å². The van der Waals surface area contributed by atoms with E-state index < -0.39 is 0 Å². The first-order valence-electron chi connectivity index (χ1n) is 7.42. The lowest BCUT2D eigenvalue weighted by atomic mass is 10.2. The number of aryl methyl sites for hydroxylation is 1. The number of hydrogen-bond acceptors (Lipinski definition) is 7. The van der Waals surface area contributed by atoms with Crippen LogP contribution in [-0.4, -0.2) is 23.2 Å². The molecule has 2 heterocycles. The minimum Gasteiger partial charge on any atom is -0.495 e. The van der Waals surface area contributed by atoms with Crippen LogP contribution in [0.4, 0.5) is 5.69 Å². The Kier molecular flexibility index (Phi) is 5.06. The maximum Gasteiger partial charge on any atom is 0.227 e. The van der Waals surface area contributed by atoms with E-state index in [4.69, 9.17) is 14.5 Å². The van der Waals surface area contributed by atoms with Crippen LogP contribution in [0, 0.1) is 11.3 Å². The number of methoxy groups -OCH3 is 1. The molecule has 0 unspecified atom stereocenters. The van der Waals surface area contributed by atoms with Gasteiger partial charge in [-0.15, -0.1) is 0 Å². The van der Waals surface area contributed by atoms with E-state index in [0.29, 0.717) is 35.1 Å². The van der Waals surface area contributed by atoms with Crippen LogP contribution in [0.5, 0.6) is 5.75 Å². The third-order valence-corrected chi connectivity index (χ3v) is 4.10. The minimum absolute atomic E-state index is 0.172. The maximum absolute atomic E-state index is 12.2. The number of nitrogens with one attached hydrogen (secondary N) is 1. The molecular formula is C17H14N4O3S. The van der Waals surface area contributed by atoms with Gasteiger partial charge in [0.2, 0.25) is 17.6 Å². The molecule has 0 saturated carbocycles. The van der Waals surface area contributed by atoms with Crippen molar-refractivity contribution < 1.29 is 14.1 Å². The highest BCUT2D eigenvalue weighted by Crippen LogP contribution is 2.25. The van der Waals surface area contributed by atoms with E-state index in [-0.39, 0.29) is 12.3 Å². The highest BCUT2D eigenvalue weighted by molar-refractivity contribution is 7.08. The molecule has 0 radical (unpaired) electrons. The molecule has 0 saturated heterocycles. The average Bonchev–Trinajstić information content (AvgIpc) is 3.31. The van der Waals surface area contributed by atoms with Gasteiger partial charge in [0, 0.05) is 23.8 Å². The SMILES string of the molecule is COc1ccc(C#N)cc1NC(=O)CCc1nc(-c2ccsc2)no1. The van der Waals surface area contributed by atoms with Crippen LogP contribution in [0.3, 0.4) is 0 Å². The Labute approximate surface area is 147 Å². The van der Waals surface area contributed by atoms with Crippen molar-refractivity contribution in [2.75, 3.05) is 12.4 Å². The van der Waals surface area contributed by atoms with Crippen molar-refractivity contribution in [2.45, 2.75) is 12.8 Å². The topological polar surface area (TPSA) is 101 Å². The number of nitrogens with zero attached hydrogens (tertiary/aromatic N) is 3. The molecule has 25 heavy (non-hydrogen) atoms. The largest absolute Gasteiger partial charge is 0.495 e. The highest BCUT2D eigenvalue weighted by Gasteiger charge is 2.13. The summed E-state index contributed by atoms with van der Waals surface area (Å²) in [6, 6.07) is 8.76. The number of nitriles is 1. The van der Waals surface area contributed by atoms with Gasteiger partial charge in [-0.3, -0.25) is 4.79 Å². The van der Waals surface area contributed by atoms with Crippen LogP contribution in [0.2, 0.25) is 0 Å². The van der Waals surface area contributed by atoms with Crippen LogP contribution >= 0.6 is 11.3 Å². The third kappa shape index (κ3) is 4.02. The van der Waals surface area contributed by atoms with Gasteiger partial charge in [-0.2, -0.15) is 21.6 Å². The number of aromatic nitrogens is 2. The number of benzene rings is 1. The normalized spacial score (nSPS) is 10.2. The zero-order chi connectivity index (χ0) is 17.6. The zero-order valence-electron chi connectivity index (χ0n) is 13.4. The standard InChI is InChI=1S/C17H14N4O3S/c1-23-14-3-2-11(9-18)8-13(14)19-15(22)4-5-16-20-17(21-24-16)12-6-7-25-10-12/h2-3,6-8,10H,4-5H2,1H3,(H,19,22). The highest BCUT2D eigenvalue weighted by atomic mass is 32.1. The summed E-state index contributed by atoms with van der Waals surface area (Å²) in [7, 11) is 1.50. The van der Waals surface area contributed by atoms with Gasteiger partial charge in [-0.25, -0.2) is 0 Å². The molecular weight excluding hydrogens is 340 g/mol. The monoisotopic (exact) mass is 354 g/mol. The number of anilines is 1. The first-order valence-corrected chi connectivity index (χ1v) is 8.37. The molecule has 2 aromatic heterocycles. The Morgan fingerprint density at radius 1 is 1.44 bits per heavy atom. The van der Waals surface area contributed by atoms with E-state index in [1.165, 1.54) is 7.11 Å². The minimum atomic E-state index is -0.233. The van der Waals surface area contributed by atoms with Crippen LogP contribution in [-0.2, 0) is 11.2 Å². The van der Waals surface area contributed by atoms with Crippen molar-refractivity contribution in [1.82, 2.24) is 10.1 Å². The van der Waals surface area contributed by atoms with Gasteiger partial charge in [0.05, 0.1) is 24.4 Å². The Morgan fingerprint density at radius 2 is 2.32 bits per heavy atom. The summed E-state index contributed by atoms with van der Waals surface area (Å²) in [6.45, 7) is 0. The fraction of sp³-hybridized carbons (Fsp3) is 0.176. The smallest absolute Gasteiger partial charge is 0.227 e. The number of rotatable bonds is 6. The second-order valence-electron chi connectivity index (χ2n) is 5.10. The number of ether oxygens (including phenoxy) is 1. The summed E-state index contributed by atoms with van der Waals surface area (Å²) >= 11 is 1.55. The summed E-state index contributed by atoms with van der Waals surface area (Å²) in [5, 5.41) is 19.5. The van der Waals surface area contributed by atoms with Gasteiger partial charge in [0.1, 0.15) is 5.75 Å². The van der Waals surface area contributed by atoms with Crippen molar-refractivity contribution in [2.24, 2.45) is 0 Å². The molecule has 1 N–H and O–H groups in total. The van der Waals surface area contributed by atoms with E-state index >= 15 is 0 Å². The summed E-state index contributed by atoms with van der Waals surface area (Å²) in [6.07, 6.45) is 0.494. The maximum atomic E-state index is 12.2. The second-order valence-corrected chi connectivity index (χ2v) is 5.88. The number of carbonyl (C=O) groups is 1. The molecule has 3 aromatic rings. The molecule has 8 heteroatoms. The predicted octanol–water partition coefficient (Wildman–Crippen LogP) is 3.25. The number of thiophene rings is 1. The van der Waals surface area contributed by atoms with Crippen molar-refractivity contribution in [3.05, 3.63) is 46.5 Å². The van der Waals surface area contributed by atoms with E-state index in [1.54, 1.807) is 29.5 Å². The molecule has 0 aliphatic rings. The van der Waals surface area contributed by atoms with Crippen molar-refractivity contribution >= 4 is 22.9 Å². The molecule has 7 nitrogen and oxygen atoms in total. The molecule has 126 valence electrons. The predicted molar refractivity (Wildman–Crippen MR) is 92.3 cm³/mol. The molecule has 0 atom stereocenters. The third-order valence-electron chi connectivity index (χ3n) is 3.42. The molecule has 0 fully saturated rings. The van der Waals surface area contributed by atoms with Gasteiger partial charge in [0.25, 0.3) is 0 Å². The Hall–Kier alpha value is -3.18. The van der Waals surface area contributed by atoms with E-state index in [0.717, 1.165) is 5.56 Å². The van der Waals surface area contributed by atoms with Crippen LogP contribution in [0.15, 0.2) is 39.5 Å². The van der Waals surface area contributed by atoms with Gasteiger partial charge in [-0.05, 0) is 29.6 Å². The van der Waals surface area contributed by atoms with Crippen molar-refractivity contribution in [3.63, 3.8) is 0 Å². The number of carbonyl (C=O) groups excluding carboxylic acids is 1. The van der Waals surface area contributed by atoms with Crippen molar-refractivity contribution in [1.29, 1.82) is 5.26 Å². The lowest BCUT2D eigenvalue weighted by Gasteiger charge is -2.09. The lowest BCUT2D eigenvalue weighted by molar-refractivity contribution is -0.116. The fourth-order valence-corrected chi connectivity index (χ4v) is 2.81. The Balaban J connectivity index is 1.61. The number of hydrogen-bond donors (Lipinski definition) is 1. The van der Waals surface area contributed by atoms with Gasteiger partial charge >= 0.3 is 0 Å². The Bertz CT molecular complexity index is 912. The summed E-state index contributed by atoms with van der Waals surface area (Å²) in [4.78, 5) is 16.4. The molecule has 1 aromatic carbocycles. The summed E-state index contributed by atoms with van der Waals surface area (Å²) in [5.74, 6) is 1.17. The molecule has 3 rings (SSSR count). The van der Waals surface area contributed by atoms with Gasteiger partial charge < -0.3 is 14.6 Å². The van der Waals surface area contributed by atoms with E-state index in [9.17, 15) is 4.79 Å². The fourth-order valence-electron chi connectivity index (χ4n) is 2.17. The number of amides is 1. The van der Waals surface area contributed by atoms with Crippen LogP contribution in [0.25, 0.3) is 11.4 Å². The van der Waals surface area contributed by atoms with E-state index in [2.05, 4.69) is 15.5 Å². The quantitative estimate of drug-likeness (QED) is 0.729. The first kappa shape index (κ1) is 16.7. The summed E-state index contributed by atoms with van der Waals surface area (Å²) < 4.78 is 10.4. The van der Waals surface area contributed by atoms with Gasteiger partial charge in [-0.1, -0.05) is 5.16 Å². The second kappa shape index (κ2) is 7.59. The average molecular weight is 354 g/mol.